The number of hydrogen-bond donors (Lipinski definition) is 0. The van der Waals surface area contributed by atoms with Crippen molar-refractivity contribution in [1.29, 1.82) is 0 Å². The Balaban J connectivity index is 0.000000312. The molecule has 0 spiro atoms. The molecule has 0 radical (unpaired) electrons. The molecule has 8 atom stereocenters. The van der Waals surface area contributed by atoms with E-state index in [0.29, 0.717) is 5.92 Å². The molecule has 3 fully saturated rings. The van der Waals surface area contributed by atoms with Gasteiger partial charge >= 0.3 is 53.1 Å². The maximum atomic E-state index is 2.99. The van der Waals surface area contributed by atoms with Crippen LogP contribution in [0.3, 0.4) is 0 Å². The van der Waals surface area contributed by atoms with Gasteiger partial charge in [-0.05, 0) is 28.6 Å². The van der Waals surface area contributed by atoms with Crippen LogP contribution < -0.4 is 24.8 Å². The van der Waals surface area contributed by atoms with Gasteiger partial charge in [0, 0.05) is 10.8 Å². The fourth-order valence-electron chi connectivity index (χ4n) is 10.4. The SMILES string of the molecule is CC1=CC=CC2[CH-]C3(C)C4(C)C=CC=CC4(C)C4(C)C=CC=CC4(C)C3(C)C12C.[C-]1=CC=CC1.[Cl-].[Cl-].[Zr+2]=[C]1CCCC1. The fraction of sp³-hybridized carbons (Fsp3) is 0.538. The van der Waals surface area contributed by atoms with Crippen molar-refractivity contribution in [3.05, 3.63) is 103 Å². The Hall–Kier alpha value is -0.747. The molecule has 8 unspecified atom stereocenters. The van der Waals surface area contributed by atoms with Gasteiger partial charge in [0.25, 0.3) is 0 Å². The van der Waals surface area contributed by atoms with Crippen molar-refractivity contribution in [2.75, 3.05) is 0 Å². The third-order valence-electron chi connectivity index (χ3n) is 13.8. The van der Waals surface area contributed by atoms with Gasteiger partial charge in [-0.15, -0.1) is 23.8 Å². The van der Waals surface area contributed by atoms with Crippen LogP contribution in [0.15, 0.2) is 90.6 Å². The summed E-state index contributed by atoms with van der Waals surface area (Å²) >= 11 is 1.68. The Labute approximate surface area is 284 Å². The van der Waals surface area contributed by atoms with E-state index in [1.165, 1.54) is 31.3 Å². The van der Waals surface area contributed by atoms with Crippen molar-refractivity contribution in [1.82, 2.24) is 0 Å². The van der Waals surface area contributed by atoms with Crippen molar-refractivity contribution >= 4 is 3.21 Å². The number of hydrogen-bond acceptors (Lipinski definition) is 0. The number of fused-ring (bicyclic) bond motifs is 8. The predicted octanol–water partition coefficient (Wildman–Crippen LogP) is 4.24. The Morgan fingerprint density at radius 1 is 0.738 bits per heavy atom. The summed E-state index contributed by atoms with van der Waals surface area (Å²) in [5.74, 6) is 0.460. The summed E-state index contributed by atoms with van der Waals surface area (Å²) in [6, 6.07) is 0. The molecular formula is C39H50Cl2Zr-2. The van der Waals surface area contributed by atoms with Crippen LogP contribution in [0.1, 0.15) is 87.5 Å². The first-order valence-electron chi connectivity index (χ1n) is 15.5. The molecule has 3 heteroatoms. The summed E-state index contributed by atoms with van der Waals surface area (Å²) in [6.07, 6.45) is 45.1. The summed E-state index contributed by atoms with van der Waals surface area (Å²) in [4.78, 5) is 0. The first-order chi connectivity index (χ1) is 18.8. The van der Waals surface area contributed by atoms with Gasteiger partial charge in [0.2, 0.25) is 0 Å². The molecule has 0 aromatic heterocycles. The monoisotopic (exact) mass is 678 g/mol. The van der Waals surface area contributed by atoms with Crippen molar-refractivity contribution < 1.29 is 49.0 Å². The molecule has 0 amide bonds. The third-order valence-corrected chi connectivity index (χ3v) is 15.1. The molecule has 0 heterocycles. The van der Waals surface area contributed by atoms with Crippen LogP contribution in [0.4, 0.5) is 0 Å². The Morgan fingerprint density at radius 3 is 1.71 bits per heavy atom. The first-order valence-corrected chi connectivity index (χ1v) is 16.8. The van der Waals surface area contributed by atoms with E-state index in [-0.39, 0.29) is 62.7 Å². The van der Waals surface area contributed by atoms with Gasteiger partial charge in [0.15, 0.2) is 0 Å². The third kappa shape index (κ3) is 4.32. The second-order valence-electron chi connectivity index (χ2n) is 14.5. The molecule has 0 bridgehead atoms. The first kappa shape index (κ1) is 35.7. The number of allylic oxidation sites excluding steroid dienone is 16. The predicted molar refractivity (Wildman–Crippen MR) is 169 cm³/mol. The molecule has 0 aromatic carbocycles. The van der Waals surface area contributed by atoms with Crippen molar-refractivity contribution in [2.45, 2.75) is 87.5 Å². The molecule has 226 valence electrons. The van der Waals surface area contributed by atoms with E-state index in [9.17, 15) is 0 Å². The second kappa shape index (κ2) is 12.2. The molecule has 3 saturated carbocycles. The molecule has 7 rings (SSSR count). The zero-order valence-electron chi connectivity index (χ0n) is 27.0. The molecular weight excluding hydrogens is 631 g/mol. The molecule has 7 aliphatic carbocycles. The van der Waals surface area contributed by atoms with Gasteiger partial charge in [-0.2, -0.15) is 6.08 Å². The molecule has 0 saturated heterocycles. The normalized spacial score (nSPS) is 46.1. The van der Waals surface area contributed by atoms with Gasteiger partial charge in [0.1, 0.15) is 0 Å². The van der Waals surface area contributed by atoms with Gasteiger partial charge < -0.3 is 31.2 Å². The zero-order chi connectivity index (χ0) is 29.1. The quantitative estimate of drug-likeness (QED) is 0.336. The standard InChI is InChI=1S/C29H37.C5H8.C5H5.2ClH.Zr/c1-21-14-13-15-22-20-27(6)25(4)18-10-9-16-23(25,2)24(3)17-11-12-19-26(24,5)29(27,8)28(21,22)7;2*1-2-4-5-3-1;;;/h9-20,22H,1-8H3;1-4H2;1-3H,4H2;2*1H;/q-1;;-1;;;+2/p-2. The van der Waals surface area contributed by atoms with E-state index in [2.05, 4.69) is 141 Å². The molecule has 42 heavy (non-hydrogen) atoms. The fourth-order valence-corrected chi connectivity index (χ4v) is 11.3. The Bertz CT molecular complexity index is 1290. The molecule has 0 nitrogen and oxygen atoms in total. The van der Waals surface area contributed by atoms with E-state index in [1.807, 2.05) is 12.2 Å². The van der Waals surface area contributed by atoms with Crippen LogP contribution in [0, 0.1) is 56.3 Å². The maximum absolute atomic E-state index is 2.99. The van der Waals surface area contributed by atoms with Crippen LogP contribution >= 0.6 is 0 Å². The summed E-state index contributed by atoms with van der Waals surface area (Å²) in [7, 11) is 0. The van der Waals surface area contributed by atoms with E-state index >= 15 is 0 Å². The minimum atomic E-state index is 0. The topological polar surface area (TPSA) is 0 Å². The molecule has 7 aliphatic rings. The van der Waals surface area contributed by atoms with Crippen LogP contribution in [0.5, 0.6) is 0 Å². The van der Waals surface area contributed by atoms with Crippen molar-refractivity contribution in [3.63, 3.8) is 0 Å². The van der Waals surface area contributed by atoms with Gasteiger partial charge in [0.05, 0.1) is 0 Å². The summed E-state index contributed by atoms with van der Waals surface area (Å²) in [5.41, 5.74) is 1.73. The van der Waals surface area contributed by atoms with Crippen LogP contribution in [0.2, 0.25) is 0 Å². The van der Waals surface area contributed by atoms with E-state index < -0.39 is 0 Å². The average molecular weight is 681 g/mol. The summed E-state index contributed by atoms with van der Waals surface area (Å²) in [5, 5.41) is 0. The van der Waals surface area contributed by atoms with E-state index in [4.69, 9.17) is 0 Å². The molecule has 0 aromatic rings. The van der Waals surface area contributed by atoms with Crippen molar-refractivity contribution in [3.8, 4) is 0 Å². The van der Waals surface area contributed by atoms with Crippen LogP contribution in [-0.4, -0.2) is 3.21 Å². The van der Waals surface area contributed by atoms with Gasteiger partial charge in [-0.25, -0.2) is 12.2 Å². The second-order valence-corrected chi connectivity index (χ2v) is 16.3. The van der Waals surface area contributed by atoms with Crippen LogP contribution in [0.25, 0.3) is 0 Å². The number of halogens is 2. The van der Waals surface area contributed by atoms with E-state index in [0.717, 1.165) is 6.42 Å². The Morgan fingerprint density at radius 2 is 1.26 bits per heavy atom. The molecule has 0 aliphatic heterocycles. The van der Waals surface area contributed by atoms with Crippen LogP contribution in [-0.2, 0) is 24.2 Å². The summed E-state index contributed by atoms with van der Waals surface area (Å²) < 4.78 is 1.79. The van der Waals surface area contributed by atoms with E-state index in [1.54, 1.807) is 27.4 Å². The summed E-state index contributed by atoms with van der Waals surface area (Å²) in [6.45, 7) is 20.3. The Kier molecular flexibility index (Phi) is 10.4. The van der Waals surface area contributed by atoms with Gasteiger partial charge in [-0.3, -0.25) is 6.08 Å². The minimum absolute atomic E-state index is 0. The zero-order valence-corrected chi connectivity index (χ0v) is 31.0. The van der Waals surface area contributed by atoms with Crippen molar-refractivity contribution in [2.24, 2.45) is 43.8 Å². The average Bonchev–Trinajstić information content (AvgIpc) is 3.69. The van der Waals surface area contributed by atoms with Gasteiger partial charge in [-0.1, -0.05) is 115 Å². The number of rotatable bonds is 0. The molecule has 0 N–H and O–H groups in total.